The van der Waals surface area contributed by atoms with Crippen LogP contribution in [0.4, 0.5) is 0 Å². The molecule has 0 N–H and O–H groups in total. The molecule has 3 rings (SSSR count). The molecule has 1 aliphatic heterocycles. The van der Waals surface area contributed by atoms with Crippen molar-refractivity contribution in [2.75, 3.05) is 19.6 Å². The van der Waals surface area contributed by atoms with Gasteiger partial charge in [0.05, 0.1) is 6.26 Å². The van der Waals surface area contributed by atoms with Gasteiger partial charge in [-0.3, -0.25) is 0 Å². The van der Waals surface area contributed by atoms with Gasteiger partial charge >= 0.3 is 0 Å². The molecule has 1 saturated heterocycles. The Hall–Kier alpha value is -1.28. The molecule has 0 saturated carbocycles. The summed E-state index contributed by atoms with van der Waals surface area (Å²) in [4.78, 5) is 2.56. The molecule has 0 spiro atoms. The second-order valence-electron chi connectivity index (χ2n) is 4.59. The minimum atomic E-state index is 0.991. The standard InChI is InChI=1S/C14H17NO/c1-2-8-15(7-1)9-5-12-3-4-14-13(11-12)6-10-16-14/h3-4,6,10-11H,1-2,5,7-9H2. The summed E-state index contributed by atoms with van der Waals surface area (Å²) >= 11 is 0. The van der Waals surface area contributed by atoms with Crippen molar-refractivity contribution in [2.45, 2.75) is 19.3 Å². The van der Waals surface area contributed by atoms with Crippen LogP contribution in [0, 0.1) is 0 Å². The third-order valence-electron chi connectivity index (χ3n) is 3.43. The quantitative estimate of drug-likeness (QED) is 0.782. The summed E-state index contributed by atoms with van der Waals surface area (Å²) in [5, 5.41) is 1.22. The summed E-state index contributed by atoms with van der Waals surface area (Å²) in [6.07, 6.45) is 5.66. The summed E-state index contributed by atoms with van der Waals surface area (Å²) in [6.45, 7) is 3.77. The SMILES string of the molecule is c1cc2cc(CCN3CCCC3)ccc2o1. The number of furan rings is 1. The number of hydrogen-bond acceptors (Lipinski definition) is 2. The summed E-state index contributed by atoms with van der Waals surface area (Å²) < 4.78 is 5.34. The fourth-order valence-corrected chi connectivity index (χ4v) is 2.47. The molecule has 0 unspecified atom stereocenters. The molecule has 0 atom stereocenters. The Bertz CT molecular complexity index is 468. The number of rotatable bonds is 3. The van der Waals surface area contributed by atoms with E-state index in [0.29, 0.717) is 0 Å². The van der Waals surface area contributed by atoms with E-state index in [1.807, 2.05) is 6.07 Å². The van der Waals surface area contributed by atoms with Crippen LogP contribution in [-0.4, -0.2) is 24.5 Å². The summed E-state index contributed by atoms with van der Waals surface area (Å²) in [6, 6.07) is 8.54. The molecule has 1 aliphatic rings. The van der Waals surface area contributed by atoms with Crippen LogP contribution in [0.1, 0.15) is 18.4 Å². The molecule has 2 aromatic rings. The molecule has 84 valence electrons. The van der Waals surface area contributed by atoms with Gasteiger partial charge in [-0.1, -0.05) is 6.07 Å². The Labute approximate surface area is 95.9 Å². The molecular formula is C14H17NO. The van der Waals surface area contributed by atoms with Crippen molar-refractivity contribution < 1.29 is 4.42 Å². The van der Waals surface area contributed by atoms with Crippen LogP contribution in [0.2, 0.25) is 0 Å². The molecule has 2 heteroatoms. The first kappa shape index (κ1) is 9.91. The van der Waals surface area contributed by atoms with Crippen molar-refractivity contribution in [3.63, 3.8) is 0 Å². The predicted octanol–water partition coefficient (Wildman–Crippen LogP) is 3.07. The lowest BCUT2D eigenvalue weighted by molar-refractivity contribution is 0.343. The fourth-order valence-electron chi connectivity index (χ4n) is 2.47. The first-order valence-electron chi connectivity index (χ1n) is 6.10. The van der Waals surface area contributed by atoms with Crippen LogP contribution in [0.15, 0.2) is 34.9 Å². The minimum Gasteiger partial charge on any atom is -0.464 e. The lowest BCUT2D eigenvalue weighted by Crippen LogP contribution is -2.21. The summed E-state index contributed by atoms with van der Waals surface area (Å²) in [5.74, 6) is 0. The Balaban J connectivity index is 1.68. The molecule has 1 aromatic heterocycles. The number of nitrogens with zero attached hydrogens (tertiary/aromatic N) is 1. The van der Waals surface area contributed by atoms with Gasteiger partial charge in [-0.25, -0.2) is 0 Å². The number of benzene rings is 1. The van der Waals surface area contributed by atoms with Crippen molar-refractivity contribution in [3.05, 3.63) is 36.1 Å². The van der Waals surface area contributed by atoms with Gasteiger partial charge in [-0.05, 0) is 56.1 Å². The topological polar surface area (TPSA) is 16.4 Å². The molecule has 0 radical (unpaired) electrons. The number of hydrogen-bond donors (Lipinski definition) is 0. The van der Waals surface area contributed by atoms with E-state index < -0.39 is 0 Å². The maximum Gasteiger partial charge on any atom is 0.133 e. The van der Waals surface area contributed by atoms with Gasteiger partial charge in [-0.15, -0.1) is 0 Å². The molecule has 2 nitrogen and oxygen atoms in total. The molecular weight excluding hydrogens is 198 g/mol. The van der Waals surface area contributed by atoms with Crippen LogP contribution in [0.25, 0.3) is 11.0 Å². The van der Waals surface area contributed by atoms with Gasteiger partial charge < -0.3 is 9.32 Å². The van der Waals surface area contributed by atoms with Crippen molar-refractivity contribution in [3.8, 4) is 0 Å². The average molecular weight is 215 g/mol. The molecule has 16 heavy (non-hydrogen) atoms. The van der Waals surface area contributed by atoms with E-state index in [-0.39, 0.29) is 0 Å². The second-order valence-corrected chi connectivity index (χ2v) is 4.59. The van der Waals surface area contributed by atoms with Crippen molar-refractivity contribution in [2.24, 2.45) is 0 Å². The van der Waals surface area contributed by atoms with Gasteiger partial charge in [0.25, 0.3) is 0 Å². The van der Waals surface area contributed by atoms with Gasteiger partial charge in [0.15, 0.2) is 0 Å². The lowest BCUT2D eigenvalue weighted by Gasteiger charge is -2.13. The molecule has 0 aliphatic carbocycles. The smallest absolute Gasteiger partial charge is 0.133 e. The van der Waals surface area contributed by atoms with Crippen molar-refractivity contribution in [1.29, 1.82) is 0 Å². The van der Waals surface area contributed by atoms with Crippen LogP contribution in [0.3, 0.4) is 0 Å². The number of likely N-dealkylation sites (tertiary alicyclic amines) is 1. The van der Waals surface area contributed by atoms with Crippen LogP contribution in [-0.2, 0) is 6.42 Å². The van der Waals surface area contributed by atoms with Crippen LogP contribution >= 0.6 is 0 Å². The highest BCUT2D eigenvalue weighted by Crippen LogP contribution is 2.18. The largest absolute Gasteiger partial charge is 0.464 e. The first-order valence-corrected chi connectivity index (χ1v) is 6.10. The molecule has 2 heterocycles. The monoisotopic (exact) mass is 215 g/mol. The zero-order chi connectivity index (χ0) is 10.8. The van der Waals surface area contributed by atoms with E-state index in [4.69, 9.17) is 4.42 Å². The Morgan fingerprint density at radius 3 is 2.88 bits per heavy atom. The highest BCUT2D eigenvalue weighted by Gasteiger charge is 2.10. The zero-order valence-corrected chi connectivity index (χ0v) is 9.48. The van der Waals surface area contributed by atoms with Gasteiger partial charge in [0.1, 0.15) is 5.58 Å². The van der Waals surface area contributed by atoms with E-state index in [1.165, 1.54) is 43.4 Å². The number of fused-ring (bicyclic) bond motifs is 1. The van der Waals surface area contributed by atoms with Gasteiger partial charge in [0, 0.05) is 11.9 Å². The molecule has 1 aromatic carbocycles. The Morgan fingerprint density at radius 1 is 1.12 bits per heavy atom. The van der Waals surface area contributed by atoms with Crippen LogP contribution in [0.5, 0.6) is 0 Å². The van der Waals surface area contributed by atoms with Gasteiger partial charge in [0.2, 0.25) is 0 Å². The maximum atomic E-state index is 5.34. The van der Waals surface area contributed by atoms with Crippen molar-refractivity contribution >= 4 is 11.0 Å². The van der Waals surface area contributed by atoms with Gasteiger partial charge in [-0.2, -0.15) is 0 Å². The molecule has 0 amide bonds. The third kappa shape index (κ3) is 1.98. The van der Waals surface area contributed by atoms with E-state index in [0.717, 1.165) is 12.0 Å². The Kier molecular flexibility index (Phi) is 2.66. The third-order valence-corrected chi connectivity index (χ3v) is 3.43. The van der Waals surface area contributed by atoms with Crippen molar-refractivity contribution in [1.82, 2.24) is 4.90 Å². The Morgan fingerprint density at radius 2 is 2.00 bits per heavy atom. The zero-order valence-electron chi connectivity index (χ0n) is 9.48. The summed E-state index contributed by atoms with van der Waals surface area (Å²) in [5.41, 5.74) is 2.41. The van der Waals surface area contributed by atoms with E-state index >= 15 is 0 Å². The second kappa shape index (κ2) is 4.30. The van der Waals surface area contributed by atoms with E-state index in [1.54, 1.807) is 6.26 Å². The van der Waals surface area contributed by atoms with E-state index in [2.05, 4.69) is 23.1 Å². The highest BCUT2D eigenvalue weighted by atomic mass is 16.3. The molecule has 0 bridgehead atoms. The van der Waals surface area contributed by atoms with Crippen LogP contribution < -0.4 is 0 Å². The molecule has 1 fully saturated rings. The maximum absolute atomic E-state index is 5.34. The first-order chi connectivity index (χ1) is 7.92. The fraction of sp³-hybridized carbons (Fsp3) is 0.429. The lowest BCUT2D eigenvalue weighted by atomic mass is 10.1. The summed E-state index contributed by atoms with van der Waals surface area (Å²) in [7, 11) is 0. The normalized spacial score (nSPS) is 17.2. The van der Waals surface area contributed by atoms with E-state index in [9.17, 15) is 0 Å². The highest BCUT2D eigenvalue weighted by molar-refractivity contribution is 5.77. The minimum absolute atomic E-state index is 0.991. The average Bonchev–Trinajstić information content (AvgIpc) is 2.97. The predicted molar refractivity (Wildman–Crippen MR) is 65.6 cm³/mol.